The number of aromatic nitrogens is 3. The molecule has 9 heteroatoms. The zero-order valence-corrected chi connectivity index (χ0v) is 14.8. The molecule has 27 heavy (non-hydrogen) atoms. The molecule has 4 rings (SSSR count). The van der Waals surface area contributed by atoms with Gasteiger partial charge in [-0.15, -0.1) is 0 Å². The second-order valence-electron chi connectivity index (χ2n) is 6.50. The topological polar surface area (TPSA) is 112 Å². The molecule has 2 amide bonds. The zero-order valence-electron chi connectivity index (χ0n) is 14.8. The number of aromatic amines is 1. The molecule has 2 aliphatic heterocycles. The number of carbonyl (C=O) groups excluding carboxylic acids is 2. The Morgan fingerprint density at radius 2 is 2.04 bits per heavy atom. The van der Waals surface area contributed by atoms with Gasteiger partial charge in [0.1, 0.15) is 11.4 Å². The monoisotopic (exact) mass is 366 g/mol. The third-order valence-corrected chi connectivity index (χ3v) is 4.72. The minimum Gasteiger partial charge on any atom is -0.331 e. The molecule has 2 aromatic heterocycles. The van der Waals surface area contributed by atoms with Crippen LogP contribution in [-0.4, -0.2) is 56.0 Å². The standard InChI is InChI=1S/C18H18N6O3/c1-23-15(25)6-5-13(22-23)18(27)24-9-7-11-14(10-24)20-16(21-17(11)26)12-4-2-3-8-19-12/h2-4,8H,5-7,9-10H2,1H3,(H,20,21,26). The van der Waals surface area contributed by atoms with E-state index in [9.17, 15) is 14.4 Å². The Morgan fingerprint density at radius 3 is 2.78 bits per heavy atom. The van der Waals surface area contributed by atoms with E-state index >= 15 is 0 Å². The van der Waals surface area contributed by atoms with Crippen molar-refractivity contribution in [3.8, 4) is 11.5 Å². The smallest absolute Gasteiger partial charge is 0.270 e. The maximum Gasteiger partial charge on any atom is 0.270 e. The summed E-state index contributed by atoms with van der Waals surface area (Å²) in [5.74, 6) is 0.0548. The molecule has 0 bridgehead atoms. The molecule has 9 nitrogen and oxygen atoms in total. The van der Waals surface area contributed by atoms with Crippen LogP contribution in [0.2, 0.25) is 0 Å². The van der Waals surface area contributed by atoms with Crippen LogP contribution in [0.1, 0.15) is 24.1 Å². The van der Waals surface area contributed by atoms with Gasteiger partial charge in [-0.25, -0.2) is 9.99 Å². The van der Waals surface area contributed by atoms with E-state index in [4.69, 9.17) is 0 Å². The number of carbonyl (C=O) groups is 2. The van der Waals surface area contributed by atoms with E-state index in [1.54, 1.807) is 30.3 Å². The van der Waals surface area contributed by atoms with Crippen LogP contribution >= 0.6 is 0 Å². The van der Waals surface area contributed by atoms with E-state index in [-0.39, 0.29) is 30.3 Å². The van der Waals surface area contributed by atoms with Gasteiger partial charge >= 0.3 is 0 Å². The second-order valence-corrected chi connectivity index (χ2v) is 6.50. The third kappa shape index (κ3) is 3.23. The van der Waals surface area contributed by atoms with Crippen molar-refractivity contribution in [1.29, 1.82) is 0 Å². The Kier molecular flexibility index (Phi) is 4.27. The summed E-state index contributed by atoms with van der Waals surface area (Å²) >= 11 is 0. The Hall–Kier alpha value is -3.36. The molecule has 4 heterocycles. The van der Waals surface area contributed by atoms with E-state index < -0.39 is 0 Å². The van der Waals surface area contributed by atoms with Crippen molar-refractivity contribution >= 4 is 17.5 Å². The molecule has 0 radical (unpaired) electrons. The molecule has 2 aromatic rings. The van der Waals surface area contributed by atoms with Crippen LogP contribution < -0.4 is 5.56 Å². The molecule has 1 N–H and O–H groups in total. The predicted molar refractivity (Wildman–Crippen MR) is 96.6 cm³/mol. The first kappa shape index (κ1) is 17.1. The summed E-state index contributed by atoms with van der Waals surface area (Å²) in [6, 6.07) is 5.36. The number of nitrogens with one attached hydrogen (secondary N) is 1. The van der Waals surface area contributed by atoms with E-state index in [1.807, 2.05) is 6.07 Å². The first-order chi connectivity index (χ1) is 13.0. The first-order valence-electron chi connectivity index (χ1n) is 8.69. The molecule has 0 aromatic carbocycles. The quantitative estimate of drug-likeness (QED) is 0.823. The number of pyridine rings is 1. The summed E-state index contributed by atoms with van der Waals surface area (Å²) in [5.41, 5.74) is 1.89. The number of nitrogens with zero attached hydrogens (tertiary/aromatic N) is 5. The molecule has 138 valence electrons. The fourth-order valence-corrected chi connectivity index (χ4v) is 3.24. The SMILES string of the molecule is CN1N=C(C(=O)N2CCc3c(nc(-c4ccccn4)[nH]c3=O)C2)CCC1=O. The van der Waals surface area contributed by atoms with Crippen LogP contribution in [0.25, 0.3) is 11.5 Å². The number of rotatable bonds is 2. The highest BCUT2D eigenvalue weighted by Crippen LogP contribution is 2.19. The molecule has 0 saturated carbocycles. The van der Waals surface area contributed by atoms with E-state index in [0.29, 0.717) is 47.9 Å². The highest BCUT2D eigenvalue weighted by molar-refractivity contribution is 6.39. The normalized spacial score (nSPS) is 16.8. The lowest BCUT2D eigenvalue weighted by Crippen LogP contribution is -2.44. The van der Waals surface area contributed by atoms with Crippen LogP contribution in [0.5, 0.6) is 0 Å². The molecule has 0 atom stereocenters. The van der Waals surface area contributed by atoms with Gasteiger partial charge in [0, 0.05) is 38.2 Å². The molecular formula is C18H18N6O3. The molecule has 0 unspecified atom stereocenters. The third-order valence-electron chi connectivity index (χ3n) is 4.72. The van der Waals surface area contributed by atoms with Gasteiger partial charge in [0.05, 0.1) is 12.2 Å². The van der Waals surface area contributed by atoms with Gasteiger partial charge in [-0.3, -0.25) is 19.4 Å². The van der Waals surface area contributed by atoms with Gasteiger partial charge in [0.2, 0.25) is 5.91 Å². The highest BCUT2D eigenvalue weighted by Gasteiger charge is 2.30. The van der Waals surface area contributed by atoms with Crippen molar-refractivity contribution in [2.45, 2.75) is 25.8 Å². The van der Waals surface area contributed by atoms with Gasteiger partial charge in [-0.1, -0.05) is 6.07 Å². The van der Waals surface area contributed by atoms with Crippen molar-refractivity contribution in [1.82, 2.24) is 24.9 Å². The number of H-pyrrole nitrogens is 1. The molecule has 0 spiro atoms. The summed E-state index contributed by atoms with van der Waals surface area (Å²) in [7, 11) is 1.54. The maximum absolute atomic E-state index is 12.8. The average Bonchev–Trinajstić information content (AvgIpc) is 2.69. The van der Waals surface area contributed by atoms with Crippen molar-refractivity contribution in [3.05, 3.63) is 46.0 Å². The number of hydrazone groups is 1. The Bertz CT molecular complexity index is 998. The second kappa shape index (κ2) is 6.75. The van der Waals surface area contributed by atoms with Crippen molar-refractivity contribution < 1.29 is 9.59 Å². The Morgan fingerprint density at radius 1 is 1.19 bits per heavy atom. The fourth-order valence-electron chi connectivity index (χ4n) is 3.24. The number of hydrogen-bond donors (Lipinski definition) is 1. The molecule has 2 aliphatic rings. The van der Waals surface area contributed by atoms with Gasteiger partial charge in [0.15, 0.2) is 5.82 Å². The lowest BCUT2D eigenvalue weighted by Gasteiger charge is -2.29. The Labute approximate surface area is 154 Å². The van der Waals surface area contributed by atoms with Crippen molar-refractivity contribution in [2.24, 2.45) is 5.10 Å². The summed E-state index contributed by atoms with van der Waals surface area (Å²) in [6.45, 7) is 0.644. The molecule has 0 aliphatic carbocycles. The van der Waals surface area contributed by atoms with Gasteiger partial charge in [-0.2, -0.15) is 5.10 Å². The van der Waals surface area contributed by atoms with Crippen LogP contribution in [0.4, 0.5) is 0 Å². The zero-order chi connectivity index (χ0) is 19.0. The summed E-state index contributed by atoms with van der Waals surface area (Å²) in [5, 5.41) is 5.29. The first-order valence-corrected chi connectivity index (χ1v) is 8.69. The molecule has 0 fully saturated rings. The van der Waals surface area contributed by atoms with Crippen molar-refractivity contribution in [2.75, 3.05) is 13.6 Å². The Balaban J connectivity index is 1.62. The number of fused-ring (bicyclic) bond motifs is 1. The van der Waals surface area contributed by atoms with E-state index in [1.165, 1.54) is 5.01 Å². The lowest BCUT2D eigenvalue weighted by atomic mass is 10.0. The largest absolute Gasteiger partial charge is 0.331 e. The van der Waals surface area contributed by atoms with Crippen molar-refractivity contribution in [3.63, 3.8) is 0 Å². The van der Waals surface area contributed by atoms with Gasteiger partial charge in [0.25, 0.3) is 11.5 Å². The molecule has 0 saturated heterocycles. The summed E-state index contributed by atoms with van der Waals surface area (Å²) in [6.07, 6.45) is 2.65. The van der Waals surface area contributed by atoms with E-state index in [0.717, 1.165) is 0 Å². The van der Waals surface area contributed by atoms with E-state index in [2.05, 4.69) is 20.1 Å². The van der Waals surface area contributed by atoms with Gasteiger partial charge in [-0.05, 0) is 18.6 Å². The minimum absolute atomic E-state index is 0.108. The predicted octanol–water partition coefficient (Wildman–Crippen LogP) is 0.325. The minimum atomic E-state index is -0.221. The highest BCUT2D eigenvalue weighted by atomic mass is 16.2. The van der Waals surface area contributed by atoms with Crippen LogP contribution in [0, 0.1) is 0 Å². The van der Waals surface area contributed by atoms with Crippen LogP contribution in [0.3, 0.4) is 0 Å². The fraction of sp³-hybridized carbons (Fsp3) is 0.333. The molecular weight excluding hydrogens is 348 g/mol. The van der Waals surface area contributed by atoms with Gasteiger partial charge < -0.3 is 9.88 Å². The average molecular weight is 366 g/mol. The summed E-state index contributed by atoms with van der Waals surface area (Å²) < 4.78 is 0. The summed E-state index contributed by atoms with van der Waals surface area (Å²) in [4.78, 5) is 49.9. The maximum atomic E-state index is 12.8. The number of amides is 2. The number of hydrogen-bond acceptors (Lipinski definition) is 6. The van der Waals surface area contributed by atoms with Crippen LogP contribution in [0.15, 0.2) is 34.3 Å². The van der Waals surface area contributed by atoms with Crippen LogP contribution in [-0.2, 0) is 22.6 Å². The lowest BCUT2D eigenvalue weighted by molar-refractivity contribution is -0.130.